The highest BCUT2D eigenvalue weighted by Gasteiger charge is 2.29. The molecule has 142 valence electrons. The van der Waals surface area contributed by atoms with Gasteiger partial charge in [0, 0.05) is 30.8 Å². The number of amides is 3. The Balaban J connectivity index is 1.53. The Morgan fingerprint density at radius 2 is 1.93 bits per heavy atom. The molecule has 3 rings (SSSR count). The topological polar surface area (TPSA) is 70.7 Å². The molecule has 0 aliphatic heterocycles. The van der Waals surface area contributed by atoms with Crippen LogP contribution >= 0.6 is 0 Å². The third-order valence-corrected chi connectivity index (χ3v) is 4.53. The summed E-state index contributed by atoms with van der Waals surface area (Å²) in [6.07, 6.45) is 1.94. The Hall–Kier alpha value is -3.02. The molecule has 3 amide bonds. The van der Waals surface area contributed by atoms with Crippen molar-refractivity contribution in [1.82, 2.24) is 10.2 Å². The minimum Gasteiger partial charge on any atom is -0.496 e. The molecule has 0 unspecified atom stereocenters. The fourth-order valence-corrected chi connectivity index (χ4v) is 2.82. The quantitative estimate of drug-likeness (QED) is 0.788. The van der Waals surface area contributed by atoms with Gasteiger partial charge >= 0.3 is 6.03 Å². The number of para-hydroxylation sites is 1. The first-order valence-corrected chi connectivity index (χ1v) is 9.07. The number of rotatable bonds is 7. The number of hydrogen-bond donors (Lipinski definition) is 2. The Kier molecular flexibility index (Phi) is 5.96. The third-order valence-electron chi connectivity index (χ3n) is 4.53. The summed E-state index contributed by atoms with van der Waals surface area (Å²) in [5, 5.41) is 5.83. The molecule has 2 N–H and O–H groups in total. The maximum atomic E-state index is 12.4. The van der Waals surface area contributed by atoms with Crippen molar-refractivity contribution in [1.29, 1.82) is 0 Å². The number of urea groups is 1. The van der Waals surface area contributed by atoms with Gasteiger partial charge in [-0.05, 0) is 36.6 Å². The first-order chi connectivity index (χ1) is 13.1. The van der Waals surface area contributed by atoms with Crippen molar-refractivity contribution in [2.75, 3.05) is 19.5 Å². The first kappa shape index (κ1) is 18.8. The van der Waals surface area contributed by atoms with Gasteiger partial charge in [-0.3, -0.25) is 4.79 Å². The maximum absolute atomic E-state index is 12.4. The van der Waals surface area contributed by atoms with Gasteiger partial charge in [-0.25, -0.2) is 4.79 Å². The standard InChI is InChI=1S/C21H25N3O3/c1-24(14-17-7-3-4-9-19(17)27-2)21(26)22-13-15-6-5-8-18(12-15)23-20(25)16-10-11-16/h3-9,12,16H,10-11,13-14H2,1-2H3,(H,22,26)(H,23,25). The van der Waals surface area contributed by atoms with E-state index in [4.69, 9.17) is 4.74 Å². The molecular weight excluding hydrogens is 342 g/mol. The predicted octanol–water partition coefficient (Wildman–Crippen LogP) is 3.39. The Morgan fingerprint density at radius 1 is 1.15 bits per heavy atom. The summed E-state index contributed by atoms with van der Waals surface area (Å²) in [5.74, 6) is 1.00. The molecule has 1 aliphatic rings. The Morgan fingerprint density at radius 3 is 2.67 bits per heavy atom. The molecule has 6 nitrogen and oxygen atoms in total. The van der Waals surface area contributed by atoms with Crippen molar-refractivity contribution in [3.05, 3.63) is 59.7 Å². The minimum absolute atomic E-state index is 0.0766. The number of benzene rings is 2. The molecule has 1 aliphatic carbocycles. The fraction of sp³-hybridized carbons (Fsp3) is 0.333. The molecule has 0 atom stereocenters. The fourth-order valence-electron chi connectivity index (χ4n) is 2.82. The van der Waals surface area contributed by atoms with E-state index in [-0.39, 0.29) is 17.9 Å². The van der Waals surface area contributed by atoms with E-state index in [0.29, 0.717) is 13.1 Å². The summed E-state index contributed by atoms with van der Waals surface area (Å²) >= 11 is 0. The molecular formula is C21H25N3O3. The zero-order chi connectivity index (χ0) is 19.2. The van der Waals surface area contributed by atoms with Gasteiger partial charge in [-0.2, -0.15) is 0 Å². The molecule has 27 heavy (non-hydrogen) atoms. The van der Waals surface area contributed by atoms with Crippen LogP contribution in [-0.2, 0) is 17.9 Å². The van der Waals surface area contributed by atoms with Crippen LogP contribution in [0.2, 0.25) is 0 Å². The lowest BCUT2D eigenvalue weighted by Crippen LogP contribution is -2.36. The van der Waals surface area contributed by atoms with E-state index < -0.39 is 0 Å². The number of carbonyl (C=O) groups is 2. The summed E-state index contributed by atoms with van der Waals surface area (Å²) in [7, 11) is 3.36. The number of hydrogen-bond acceptors (Lipinski definition) is 3. The van der Waals surface area contributed by atoms with Crippen molar-refractivity contribution in [3.8, 4) is 5.75 Å². The largest absolute Gasteiger partial charge is 0.496 e. The number of methoxy groups -OCH3 is 1. The van der Waals surface area contributed by atoms with Gasteiger partial charge in [-0.1, -0.05) is 30.3 Å². The highest BCUT2D eigenvalue weighted by molar-refractivity contribution is 5.94. The number of nitrogens with zero attached hydrogens (tertiary/aromatic N) is 1. The van der Waals surface area contributed by atoms with E-state index in [1.807, 2.05) is 48.5 Å². The molecule has 0 aromatic heterocycles. The van der Waals surface area contributed by atoms with Crippen LogP contribution in [0, 0.1) is 5.92 Å². The minimum atomic E-state index is -0.173. The van der Waals surface area contributed by atoms with Crippen LogP contribution in [0.3, 0.4) is 0 Å². The summed E-state index contributed by atoms with van der Waals surface area (Å²) in [5.41, 5.74) is 2.64. The molecule has 1 saturated carbocycles. The summed E-state index contributed by atoms with van der Waals surface area (Å²) in [6, 6.07) is 15.0. The second kappa shape index (κ2) is 8.58. The lowest BCUT2D eigenvalue weighted by Gasteiger charge is -2.19. The van der Waals surface area contributed by atoms with E-state index in [9.17, 15) is 9.59 Å². The molecule has 0 saturated heterocycles. The van der Waals surface area contributed by atoms with Crippen molar-refractivity contribution in [2.45, 2.75) is 25.9 Å². The lowest BCUT2D eigenvalue weighted by molar-refractivity contribution is -0.117. The molecule has 0 radical (unpaired) electrons. The number of nitrogens with one attached hydrogen (secondary N) is 2. The Bertz CT molecular complexity index is 818. The predicted molar refractivity (Wildman–Crippen MR) is 104 cm³/mol. The molecule has 0 spiro atoms. The second-order valence-electron chi connectivity index (χ2n) is 6.79. The van der Waals surface area contributed by atoms with Gasteiger partial charge in [-0.15, -0.1) is 0 Å². The zero-order valence-corrected chi connectivity index (χ0v) is 15.7. The van der Waals surface area contributed by atoms with E-state index in [0.717, 1.165) is 35.4 Å². The lowest BCUT2D eigenvalue weighted by atomic mass is 10.2. The van der Waals surface area contributed by atoms with Crippen molar-refractivity contribution >= 4 is 17.6 Å². The Labute approximate surface area is 159 Å². The second-order valence-corrected chi connectivity index (χ2v) is 6.79. The van der Waals surface area contributed by atoms with Crippen molar-refractivity contribution < 1.29 is 14.3 Å². The van der Waals surface area contributed by atoms with Gasteiger partial charge in [0.2, 0.25) is 5.91 Å². The number of ether oxygens (including phenoxy) is 1. The van der Waals surface area contributed by atoms with Crippen LogP contribution in [0.4, 0.5) is 10.5 Å². The average Bonchev–Trinajstić information content (AvgIpc) is 3.52. The van der Waals surface area contributed by atoms with Gasteiger partial charge in [0.15, 0.2) is 0 Å². The SMILES string of the molecule is COc1ccccc1CN(C)C(=O)NCc1cccc(NC(=O)C2CC2)c1. The number of carbonyl (C=O) groups excluding carboxylic acids is 2. The molecule has 0 heterocycles. The summed E-state index contributed by atoms with van der Waals surface area (Å²) in [6.45, 7) is 0.843. The van der Waals surface area contributed by atoms with E-state index in [2.05, 4.69) is 10.6 Å². The van der Waals surface area contributed by atoms with Crippen LogP contribution in [0.25, 0.3) is 0 Å². The molecule has 6 heteroatoms. The van der Waals surface area contributed by atoms with Crippen LogP contribution < -0.4 is 15.4 Å². The molecule has 0 bridgehead atoms. The smallest absolute Gasteiger partial charge is 0.317 e. The normalized spacial score (nSPS) is 13.0. The van der Waals surface area contributed by atoms with Crippen LogP contribution in [0.5, 0.6) is 5.75 Å². The first-order valence-electron chi connectivity index (χ1n) is 9.07. The van der Waals surface area contributed by atoms with E-state index in [1.54, 1.807) is 19.1 Å². The van der Waals surface area contributed by atoms with Gasteiger partial charge < -0.3 is 20.3 Å². The van der Waals surface area contributed by atoms with E-state index >= 15 is 0 Å². The highest BCUT2D eigenvalue weighted by Crippen LogP contribution is 2.30. The monoisotopic (exact) mass is 367 g/mol. The van der Waals surface area contributed by atoms with Gasteiger partial charge in [0.25, 0.3) is 0 Å². The zero-order valence-electron chi connectivity index (χ0n) is 15.7. The summed E-state index contributed by atoms with van der Waals surface area (Å²) in [4.78, 5) is 25.9. The molecule has 2 aromatic carbocycles. The van der Waals surface area contributed by atoms with Gasteiger partial charge in [0.1, 0.15) is 5.75 Å². The van der Waals surface area contributed by atoms with Gasteiger partial charge in [0.05, 0.1) is 13.7 Å². The maximum Gasteiger partial charge on any atom is 0.317 e. The molecule has 1 fully saturated rings. The van der Waals surface area contributed by atoms with Crippen LogP contribution in [0.1, 0.15) is 24.0 Å². The highest BCUT2D eigenvalue weighted by atomic mass is 16.5. The number of anilines is 1. The van der Waals surface area contributed by atoms with Crippen LogP contribution in [0.15, 0.2) is 48.5 Å². The van der Waals surface area contributed by atoms with Crippen LogP contribution in [-0.4, -0.2) is 31.0 Å². The third kappa shape index (κ3) is 5.23. The summed E-state index contributed by atoms with van der Waals surface area (Å²) < 4.78 is 5.33. The molecule has 2 aromatic rings. The van der Waals surface area contributed by atoms with E-state index in [1.165, 1.54) is 0 Å². The van der Waals surface area contributed by atoms with Crippen molar-refractivity contribution in [2.24, 2.45) is 5.92 Å². The van der Waals surface area contributed by atoms with Crippen molar-refractivity contribution in [3.63, 3.8) is 0 Å². The average molecular weight is 367 g/mol.